The lowest BCUT2D eigenvalue weighted by Crippen LogP contribution is -2.44. The predicted molar refractivity (Wildman–Crippen MR) is 101 cm³/mol. The van der Waals surface area contributed by atoms with Crippen LogP contribution in [0.4, 0.5) is 0 Å². The molecule has 7 heteroatoms. The molecule has 1 heterocycles. The Bertz CT molecular complexity index is 507. The fraction of sp³-hybridized carbons (Fsp3) is 0.611. The van der Waals surface area contributed by atoms with Crippen molar-refractivity contribution in [3.63, 3.8) is 0 Å². The summed E-state index contributed by atoms with van der Waals surface area (Å²) in [6.07, 6.45) is 4.52. The van der Waals surface area contributed by atoms with Gasteiger partial charge in [-0.1, -0.05) is 6.07 Å². The van der Waals surface area contributed by atoms with E-state index >= 15 is 0 Å². The number of aromatic nitrogens is 1. The van der Waals surface area contributed by atoms with Gasteiger partial charge in [0.2, 0.25) is 5.91 Å². The molecule has 0 radical (unpaired) electrons. The maximum Gasteiger partial charge on any atom is 0.241 e. The van der Waals surface area contributed by atoms with Crippen LogP contribution in [0.3, 0.4) is 0 Å². The van der Waals surface area contributed by atoms with Crippen LogP contribution < -0.4 is 10.6 Å². The third-order valence-corrected chi connectivity index (χ3v) is 3.70. The van der Waals surface area contributed by atoms with Gasteiger partial charge in [0, 0.05) is 58.7 Å². The molecule has 0 aliphatic carbocycles. The van der Waals surface area contributed by atoms with Crippen molar-refractivity contribution in [3.05, 3.63) is 30.1 Å². The highest BCUT2D eigenvalue weighted by Gasteiger charge is 2.09. The van der Waals surface area contributed by atoms with E-state index < -0.39 is 0 Å². The van der Waals surface area contributed by atoms with Crippen LogP contribution in [0.5, 0.6) is 0 Å². The summed E-state index contributed by atoms with van der Waals surface area (Å²) >= 11 is 0. The second-order valence-corrected chi connectivity index (χ2v) is 5.64. The molecule has 0 aromatic carbocycles. The van der Waals surface area contributed by atoms with Gasteiger partial charge in [0.15, 0.2) is 5.96 Å². The van der Waals surface area contributed by atoms with Crippen molar-refractivity contribution in [2.75, 3.05) is 46.9 Å². The standard InChI is InChI=1S/C18H31N5O2/c1-4-25-14-8-7-12-21-18(19-2)22-15-17(24)23(3)13-10-16-9-5-6-11-20-16/h5-6,9,11H,4,7-8,10,12-15H2,1-3H3,(H2,19,21,22). The molecule has 0 aliphatic rings. The number of nitrogens with one attached hydrogen (secondary N) is 2. The first-order chi connectivity index (χ1) is 12.2. The summed E-state index contributed by atoms with van der Waals surface area (Å²) in [7, 11) is 3.50. The van der Waals surface area contributed by atoms with Crippen molar-refractivity contribution in [2.24, 2.45) is 4.99 Å². The maximum atomic E-state index is 12.2. The largest absolute Gasteiger partial charge is 0.382 e. The van der Waals surface area contributed by atoms with Crippen LogP contribution >= 0.6 is 0 Å². The van der Waals surface area contributed by atoms with Crippen molar-refractivity contribution >= 4 is 11.9 Å². The molecule has 25 heavy (non-hydrogen) atoms. The zero-order valence-electron chi connectivity index (χ0n) is 15.6. The van der Waals surface area contributed by atoms with Gasteiger partial charge >= 0.3 is 0 Å². The van der Waals surface area contributed by atoms with Gasteiger partial charge in [0.05, 0.1) is 6.54 Å². The Labute approximate surface area is 150 Å². The summed E-state index contributed by atoms with van der Waals surface area (Å²) in [6.45, 7) is 5.19. The molecule has 0 spiro atoms. The van der Waals surface area contributed by atoms with E-state index in [4.69, 9.17) is 4.74 Å². The number of pyridine rings is 1. The van der Waals surface area contributed by atoms with Crippen molar-refractivity contribution in [1.29, 1.82) is 0 Å². The number of carbonyl (C=O) groups is 1. The fourth-order valence-corrected chi connectivity index (χ4v) is 2.15. The van der Waals surface area contributed by atoms with Gasteiger partial charge in [-0.15, -0.1) is 0 Å². The number of carbonyl (C=O) groups excluding carboxylic acids is 1. The second kappa shape index (κ2) is 13.2. The first kappa shape index (κ1) is 20.9. The average Bonchev–Trinajstić information content (AvgIpc) is 2.65. The van der Waals surface area contributed by atoms with Gasteiger partial charge < -0.3 is 20.3 Å². The molecule has 0 fully saturated rings. The van der Waals surface area contributed by atoms with Crippen molar-refractivity contribution in [1.82, 2.24) is 20.5 Å². The van der Waals surface area contributed by atoms with Crippen molar-refractivity contribution in [2.45, 2.75) is 26.2 Å². The Morgan fingerprint density at radius 1 is 1.32 bits per heavy atom. The average molecular weight is 349 g/mol. The van der Waals surface area contributed by atoms with E-state index in [1.807, 2.05) is 25.1 Å². The molecule has 0 saturated heterocycles. The van der Waals surface area contributed by atoms with Gasteiger partial charge in [0.25, 0.3) is 0 Å². The molecular weight excluding hydrogens is 318 g/mol. The third kappa shape index (κ3) is 9.66. The number of nitrogens with zero attached hydrogens (tertiary/aromatic N) is 3. The molecule has 7 nitrogen and oxygen atoms in total. The Morgan fingerprint density at radius 3 is 2.84 bits per heavy atom. The van der Waals surface area contributed by atoms with Gasteiger partial charge in [-0.2, -0.15) is 0 Å². The minimum Gasteiger partial charge on any atom is -0.382 e. The van der Waals surface area contributed by atoms with Crippen LogP contribution in [0.15, 0.2) is 29.4 Å². The molecule has 0 saturated carbocycles. The number of unbranched alkanes of at least 4 members (excludes halogenated alkanes) is 1. The minimum absolute atomic E-state index is 0.0234. The Balaban J connectivity index is 2.19. The summed E-state index contributed by atoms with van der Waals surface area (Å²) in [5, 5.41) is 6.25. The molecule has 1 rings (SSSR count). The van der Waals surface area contributed by atoms with Crippen LogP contribution in [0, 0.1) is 0 Å². The highest BCUT2D eigenvalue weighted by molar-refractivity contribution is 5.86. The lowest BCUT2D eigenvalue weighted by molar-refractivity contribution is -0.128. The van der Waals surface area contributed by atoms with Crippen LogP contribution in [0.1, 0.15) is 25.5 Å². The number of ether oxygens (including phenoxy) is 1. The van der Waals surface area contributed by atoms with Crippen LogP contribution in [-0.4, -0.2) is 68.7 Å². The topological polar surface area (TPSA) is 78.8 Å². The summed E-state index contributed by atoms with van der Waals surface area (Å²) < 4.78 is 5.30. The van der Waals surface area contributed by atoms with Crippen molar-refractivity contribution in [3.8, 4) is 0 Å². The lowest BCUT2D eigenvalue weighted by Gasteiger charge is -2.18. The molecule has 0 atom stereocenters. The van der Waals surface area contributed by atoms with E-state index in [1.165, 1.54) is 0 Å². The first-order valence-electron chi connectivity index (χ1n) is 8.83. The molecule has 0 aliphatic heterocycles. The predicted octanol–water partition coefficient (Wildman–Crippen LogP) is 1.06. The molecule has 2 N–H and O–H groups in total. The number of hydrogen-bond acceptors (Lipinski definition) is 4. The van der Waals surface area contributed by atoms with Crippen LogP contribution in [0.2, 0.25) is 0 Å². The van der Waals surface area contributed by atoms with E-state index in [9.17, 15) is 4.79 Å². The molecule has 140 valence electrons. The Hall–Kier alpha value is -2.15. The highest BCUT2D eigenvalue weighted by atomic mass is 16.5. The SMILES string of the molecule is CCOCCCCNC(=NC)NCC(=O)N(C)CCc1ccccn1. The van der Waals surface area contributed by atoms with Gasteiger partial charge in [0.1, 0.15) is 0 Å². The smallest absolute Gasteiger partial charge is 0.241 e. The maximum absolute atomic E-state index is 12.2. The van der Waals surface area contributed by atoms with E-state index in [0.29, 0.717) is 12.5 Å². The van der Waals surface area contributed by atoms with E-state index in [0.717, 1.165) is 44.7 Å². The second-order valence-electron chi connectivity index (χ2n) is 5.64. The summed E-state index contributed by atoms with van der Waals surface area (Å²) in [4.78, 5) is 22.3. The lowest BCUT2D eigenvalue weighted by atomic mass is 10.2. The van der Waals surface area contributed by atoms with Crippen LogP contribution in [0.25, 0.3) is 0 Å². The zero-order valence-corrected chi connectivity index (χ0v) is 15.6. The Morgan fingerprint density at radius 2 is 2.16 bits per heavy atom. The highest BCUT2D eigenvalue weighted by Crippen LogP contribution is 1.96. The number of guanidine groups is 1. The molecular formula is C18H31N5O2. The van der Waals surface area contributed by atoms with E-state index in [-0.39, 0.29) is 12.5 Å². The number of aliphatic imine (C=N–C) groups is 1. The zero-order chi connectivity index (χ0) is 18.3. The first-order valence-corrected chi connectivity index (χ1v) is 8.83. The normalized spacial score (nSPS) is 11.2. The minimum atomic E-state index is 0.0234. The van der Waals surface area contributed by atoms with Crippen LogP contribution in [-0.2, 0) is 16.0 Å². The van der Waals surface area contributed by atoms with Crippen molar-refractivity contribution < 1.29 is 9.53 Å². The Kier molecular flexibility index (Phi) is 11.0. The number of likely N-dealkylation sites (N-methyl/N-ethyl adjacent to an activating group) is 1. The van der Waals surface area contributed by atoms with E-state index in [1.54, 1.807) is 25.2 Å². The fourth-order valence-electron chi connectivity index (χ4n) is 2.15. The van der Waals surface area contributed by atoms with Gasteiger partial charge in [-0.3, -0.25) is 14.8 Å². The molecule has 1 aromatic rings. The van der Waals surface area contributed by atoms with Gasteiger partial charge in [-0.25, -0.2) is 0 Å². The van der Waals surface area contributed by atoms with E-state index in [2.05, 4.69) is 20.6 Å². The summed E-state index contributed by atoms with van der Waals surface area (Å²) in [5.74, 6) is 0.665. The number of amides is 1. The van der Waals surface area contributed by atoms with Gasteiger partial charge in [-0.05, 0) is 31.9 Å². The quantitative estimate of drug-likeness (QED) is 0.355. The number of hydrogen-bond donors (Lipinski definition) is 2. The third-order valence-electron chi connectivity index (χ3n) is 3.70. The monoisotopic (exact) mass is 349 g/mol. The summed E-state index contributed by atoms with van der Waals surface area (Å²) in [5.41, 5.74) is 0.986. The summed E-state index contributed by atoms with van der Waals surface area (Å²) in [6, 6.07) is 5.81. The molecule has 1 aromatic heterocycles. The molecule has 1 amide bonds. The molecule has 0 bridgehead atoms. The number of rotatable bonds is 11. The molecule has 0 unspecified atom stereocenters.